The van der Waals surface area contributed by atoms with Gasteiger partial charge in [0.05, 0.1) is 4.91 Å². The average molecular weight is 316 g/mol. The first-order valence-corrected chi connectivity index (χ1v) is 6.31. The number of carbonyl (C=O) groups is 1. The maximum atomic E-state index is 11.4. The molecule has 0 aliphatic carbocycles. The highest BCUT2D eigenvalue weighted by Crippen LogP contribution is 2.29. The number of hydrogen-bond acceptors (Lipinski definition) is 4. The highest BCUT2D eigenvalue weighted by molar-refractivity contribution is 9.10. The van der Waals surface area contributed by atoms with Crippen LogP contribution in [0.3, 0.4) is 0 Å². The number of amides is 1. The van der Waals surface area contributed by atoms with Gasteiger partial charge in [0.2, 0.25) is 0 Å². The fraction of sp³-hybridized carbons (Fsp3) is 0. The summed E-state index contributed by atoms with van der Waals surface area (Å²) in [5.74, 6) is -0.0497. The second-order valence-corrected chi connectivity index (χ2v) is 5.63. The first-order valence-electron chi connectivity index (χ1n) is 4.29. The summed E-state index contributed by atoms with van der Waals surface area (Å²) in [6, 6.07) is 4.86. The standard InChI is InChI=1S/C10H6BrNO2S2/c11-7-2-1-6(13)3-5(7)4-8-9(14)12-10(15)16-8/h1-4,13H,(H,12,14,15)/b8-4+. The molecule has 0 saturated carbocycles. The van der Waals surface area contributed by atoms with Gasteiger partial charge in [-0.3, -0.25) is 4.79 Å². The van der Waals surface area contributed by atoms with Crippen molar-refractivity contribution >= 4 is 56.2 Å². The van der Waals surface area contributed by atoms with Crippen LogP contribution in [0.15, 0.2) is 27.6 Å². The quantitative estimate of drug-likeness (QED) is 0.618. The molecule has 0 aromatic heterocycles. The molecule has 16 heavy (non-hydrogen) atoms. The summed E-state index contributed by atoms with van der Waals surface area (Å²) in [5, 5.41) is 11.9. The molecule has 1 aliphatic heterocycles. The van der Waals surface area contributed by atoms with Gasteiger partial charge in [0.25, 0.3) is 5.91 Å². The van der Waals surface area contributed by atoms with Gasteiger partial charge in [0, 0.05) is 4.47 Å². The second-order valence-electron chi connectivity index (χ2n) is 3.06. The summed E-state index contributed by atoms with van der Waals surface area (Å²) < 4.78 is 1.26. The molecule has 0 unspecified atom stereocenters. The lowest BCUT2D eigenvalue weighted by Crippen LogP contribution is -2.17. The summed E-state index contributed by atoms with van der Waals surface area (Å²) in [4.78, 5) is 11.9. The number of thioether (sulfide) groups is 1. The van der Waals surface area contributed by atoms with Crippen LogP contribution in [0, 0.1) is 0 Å². The van der Waals surface area contributed by atoms with E-state index in [1.165, 1.54) is 11.8 Å². The number of aromatic hydroxyl groups is 1. The van der Waals surface area contributed by atoms with Crippen molar-refractivity contribution in [3.63, 3.8) is 0 Å². The van der Waals surface area contributed by atoms with Crippen molar-refractivity contribution in [2.45, 2.75) is 0 Å². The number of thiocarbonyl (C=S) groups is 1. The van der Waals surface area contributed by atoms with Crippen LogP contribution < -0.4 is 5.32 Å². The van der Waals surface area contributed by atoms with Crippen LogP contribution in [0.5, 0.6) is 5.75 Å². The molecule has 2 N–H and O–H groups in total. The van der Waals surface area contributed by atoms with E-state index >= 15 is 0 Å². The topological polar surface area (TPSA) is 49.3 Å². The molecule has 2 rings (SSSR count). The Hall–Kier alpha value is -0.850. The molecular weight excluding hydrogens is 310 g/mol. The minimum atomic E-state index is -0.203. The molecule has 1 amide bonds. The maximum absolute atomic E-state index is 11.4. The summed E-state index contributed by atoms with van der Waals surface area (Å²) in [6.45, 7) is 0. The molecule has 0 bridgehead atoms. The summed E-state index contributed by atoms with van der Waals surface area (Å²) in [6.07, 6.45) is 1.68. The zero-order chi connectivity index (χ0) is 11.7. The van der Waals surface area contributed by atoms with Crippen molar-refractivity contribution in [3.8, 4) is 5.75 Å². The Morgan fingerprint density at radius 2 is 2.25 bits per heavy atom. The third-order valence-electron chi connectivity index (χ3n) is 1.91. The van der Waals surface area contributed by atoms with Gasteiger partial charge in [-0.1, -0.05) is 39.9 Å². The van der Waals surface area contributed by atoms with Crippen LogP contribution in [0.2, 0.25) is 0 Å². The van der Waals surface area contributed by atoms with Crippen molar-refractivity contribution in [2.75, 3.05) is 0 Å². The lowest BCUT2D eigenvalue weighted by atomic mass is 10.2. The average Bonchev–Trinajstić information content (AvgIpc) is 2.51. The fourth-order valence-electron chi connectivity index (χ4n) is 1.20. The van der Waals surface area contributed by atoms with E-state index in [9.17, 15) is 9.90 Å². The highest BCUT2D eigenvalue weighted by Gasteiger charge is 2.22. The molecule has 1 heterocycles. The molecule has 1 fully saturated rings. The molecule has 6 heteroatoms. The monoisotopic (exact) mass is 315 g/mol. The van der Waals surface area contributed by atoms with Gasteiger partial charge < -0.3 is 10.4 Å². The van der Waals surface area contributed by atoms with Crippen molar-refractivity contribution in [3.05, 3.63) is 33.1 Å². The van der Waals surface area contributed by atoms with Gasteiger partial charge in [-0.2, -0.15) is 0 Å². The van der Waals surface area contributed by atoms with Gasteiger partial charge in [-0.25, -0.2) is 0 Å². The smallest absolute Gasteiger partial charge is 0.263 e. The van der Waals surface area contributed by atoms with Crippen LogP contribution in [0.1, 0.15) is 5.56 Å². The van der Waals surface area contributed by atoms with Gasteiger partial charge in [0.15, 0.2) is 0 Å². The van der Waals surface area contributed by atoms with E-state index < -0.39 is 0 Å². The third kappa shape index (κ3) is 2.45. The molecule has 1 saturated heterocycles. The van der Waals surface area contributed by atoms with Crippen LogP contribution in [0.4, 0.5) is 0 Å². The molecule has 0 spiro atoms. The van der Waals surface area contributed by atoms with Gasteiger partial charge in [-0.15, -0.1) is 0 Å². The predicted molar refractivity (Wildman–Crippen MR) is 72.1 cm³/mol. The third-order valence-corrected chi connectivity index (χ3v) is 3.79. The molecule has 0 radical (unpaired) electrons. The first kappa shape index (κ1) is 11.6. The van der Waals surface area contributed by atoms with Crippen LogP contribution in [0.25, 0.3) is 6.08 Å². The van der Waals surface area contributed by atoms with Crippen molar-refractivity contribution < 1.29 is 9.90 Å². The minimum absolute atomic E-state index is 0.154. The van der Waals surface area contributed by atoms with Gasteiger partial charge >= 0.3 is 0 Å². The normalized spacial score (nSPS) is 17.9. The minimum Gasteiger partial charge on any atom is -0.508 e. The molecule has 1 aromatic rings. The molecule has 0 atom stereocenters. The fourth-order valence-corrected chi connectivity index (χ4v) is 2.60. The van der Waals surface area contributed by atoms with Crippen molar-refractivity contribution in [1.29, 1.82) is 0 Å². The number of halogens is 1. The number of benzene rings is 1. The lowest BCUT2D eigenvalue weighted by molar-refractivity contribution is -0.115. The Bertz CT molecular complexity index is 514. The number of nitrogens with one attached hydrogen (secondary N) is 1. The van der Waals surface area contributed by atoms with Gasteiger partial charge in [0.1, 0.15) is 10.1 Å². The van der Waals surface area contributed by atoms with E-state index in [4.69, 9.17) is 12.2 Å². The Balaban J connectivity index is 2.39. The van der Waals surface area contributed by atoms with Crippen LogP contribution in [-0.4, -0.2) is 15.3 Å². The van der Waals surface area contributed by atoms with E-state index in [-0.39, 0.29) is 11.7 Å². The van der Waals surface area contributed by atoms with E-state index in [1.54, 1.807) is 24.3 Å². The highest BCUT2D eigenvalue weighted by atomic mass is 79.9. The zero-order valence-corrected chi connectivity index (χ0v) is 11.1. The Kier molecular flexibility index (Phi) is 3.32. The Morgan fingerprint density at radius 3 is 2.88 bits per heavy atom. The molecular formula is C10H6BrNO2S2. The number of carbonyl (C=O) groups excluding carboxylic acids is 1. The van der Waals surface area contributed by atoms with E-state index in [1.807, 2.05) is 0 Å². The summed E-state index contributed by atoms with van der Waals surface area (Å²) >= 11 is 9.43. The maximum Gasteiger partial charge on any atom is 0.263 e. The van der Waals surface area contributed by atoms with Crippen molar-refractivity contribution in [1.82, 2.24) is 5.32 Å². The molecule has 3 nitrogen and oxygen atoms in total. The van der Waals surface area contributed by atoms with Crippen LogP contribution >= 0.6 is 39.9 Å². The number of phenolic OH excluding ortho intramolecular Hbond substituents is 1. The van der Waals surface area contributed by atoms with E-state index in [2.05, 4.69) is 21.2 Å². The summed E-state index contributed by atoms with van der Waals surface area (Å²) in [5.41, 5.74) is 0.738. The number of rotatable bonds is 1. The van der Waals surface area contributed by atoms with E-state index in [0.29, 0.717) is 9.23 Å². The predicted octanol–water partition coefficient (Wildman–Crippen LogP) is 2.64. The summed E-state index contributed by atoms with van der Waals surface area (Å²) in [7, 11) is 0. The number of hydrogen-bond donors (Lipinski definition) is 2. The second kappa shape index (κ2) is 4.57. The van der Waals surface area contributed by atoms with Gasteiger partial charge in [-0.05, 0) is 29.8 Å². The Morgan fingerprint density at radius 1 is 1.50 bits per heavy atom. The van der Waals surface area contributed by atoms with Crippen LogP contribution in [-0.2, 0) is 4.79 Å². The van der Waals surface area contributed by atoms with E-state index in [0.717, 1.165) is 10.0 Å². The molecule has 1 aliphatic rings. The molecule has 82 valence electrons. The zero-order valence-electron chi connectivity index (χ0n) is 7.86. The SMILES string of the molecule is O=C1NC(=S)S/C1=C/c1cc(O)ccc1Br. The number of phenols is 1. The lowest BCUT2D eigenvalue weighted by Gasteiger charge is -2.00. The first-order chi connectivity index (χ1) is 7.56. The molecule has 1 aromatic carbocycles. The van der Waals surface area contributed by atoms with Crippen molar-refractivity contribution in [2.24, 2.45) is 0 Å². The Labute approximate surface area is 110 Å². The largest absolute Gasteiger partial charge is 0.508 e.